The second-order valence-corrected chi connectivity index (χ2v) is 7.38. The summed E-state index contributed by atoms with van der Waals surface area (Å²) in [6.07, 6.45) is 0. The van der Waals surface area contributed by atoms with Crippen LogP contribution in [0.2, 0.25) is 0 Å². The molecule has 2 aromatic carbocycles. The summed E-state index contributed by atoms with van der Waals surface area (Å²) in [6.45, 7) is 6.40. The van der Waals surface area contributed by atoms with E-state index >= 15 is 0 Å². The summed E-state index contributed by atoms with van der Waals surface area (Å²) < 4.78 is 7.74. The van der Waals surface area contributed by atoms with Crippen LogP contribution in [0, 0.1) is 12.8 Å². The number of aliphatic hydroxyl groups excluding tert-OH is 1. The van der Waals surface area contributed by atoms with Crippen LogP contribution in [0.15, 0.2) is 36.4 Å². The van der Waals surface area contributed by atoms with Gasteiger partial charge in [-0.2, -0.15) is 9.78 Å². The van der Waals surface area contributed by atoms with E-state index in [4.69, 9.17) is 4.74 Å². The second-order valence-electron chi connectivity index (χ2n) is 7.38. The van der Waals surface area contributed by atoms with Crippen LogP contribution in [-0.4, -0.2) is 33.4 Å². The van der Waals surface area contributed by atoms with E-state index < -0.39 is 0 Å². The molecule has 4 rings (SSSR count). The molecule has 0 aliphatic carbocycles. The highest BCUT2D eigenvalue weighted by Gasteiger charge is 2.23. The van der Waals surface area contributed by atoms with E-state index in [1.54, 1.807) is 16.8 Å². The molecule has 1 aliphatic heterocycles. The lowest BCUT2D eigenvalue weighted by Crippen LogP contribution is -2.41. The van der Waals surface area contributed by atoms with E-state index in [0.717, 1.165) is 16.6 Å². The number of carbonyl (C=O) groups excluding carboxylic acids is 1. The van der Waals surface area contributed by atoms with Crippen LogP contribution >= 0.6 is 0 Å². The van der Waals surface area contributed by atoms with Crippen molar-refractivity contribution < 1.29 is 14.6 Å². The van der Waals surface area contributed by atoms with Crippen molar-refractivity contribution in [2.24, 2.45) is 5.92 Å². The Balaban J connectivity index is 1.71. The Labute approximate surface area is 157 Å². The number of hydrogen-bond acceptors (Lipinski definition) is 4. The molecule has 0 saturated carbocycles. The predicted molar refractivity (Wildman–Crippen MR) is 103 cm³/mol. The van der Waals surface area contributed by atoms with Gasteiger partial charge in [0.15, 0.2) is 0 Å². The summed E-state index contributed by atoms with van der Waals surface area (Å²) in [5.41, 5.74) is 4.50. The molecule has 0 fully saturated rings. The van der Waals surface area contributed by atoms with Crippen LogP contribution in [0.5, 0.6) is 5.88 Å². The summed E-state index contributed by atoms with van der Waals surface area (Å²) in [5, 5.41) is 17.9. The molecule has 3 aromatic rings. The molecular formula is C21H23N3O3. The monoisotopic (exact) mass is 365 g/mol. The minimum Gasteiger partial charge on any atom is -0.472 e. The van der Waals surface area contributed by atoms with Gasteiger partial charge in [0.1, 0.15) is 6.61 Å². The first kappa shape index (κ1) is 17.5. The van der Waals surface area contributed by atoms with Gasteiger partial charge in [0.05, 0.1) is 29.2 Å². The fourth-order valence-electron chi connectivity index (χ4n) is 3.36. The third-order valence-electron chi connectivity index (χ3n) is 5.04. The number of nitrogens with zero attached hydrogens (tertiary/aromatic N) is 2. The van der Waals surface area contributed by atoms with Gasteiger partial charge < -0.3 is 15.2 Å². The van der Waals surface area contributed by atoms with Crippen LogP contribution in [0.4, 0.5) is 0 Å². The van der Waals surface area contributed by atoms with Gasteiger partial charge in [0.25, 0.3) is 5.91 Å². The molecule has 0 unspecified atom stereocenters. The number of ether oxygens (including phenoxy) is 1. The molecule has 0 radical (unpaired) electrons. The number of hydrogen-bond donors (Lipinski definition) is 2. The SMILES string of the molecule is Cc1ccc2c(c1)COc1c3ccc(C(=O)N[C@H](CO)C(C)C)cc3nn1-2. The van der Waals surface area contributed by atoms with Gasteiger partial charge in [0, 0.05) is 11.1 Å². The number of carbonyl (C=O) groups is 1. The number of aromatic nitrogens is 2. The van der Waals surface area contributed by atoms with Crippen molar-refractivity contribution in [1.82, 2.24) is 15.1 Å². The summed E-state index contributed by atoms with van der Waals surface area (Å²) in [7, 11) is 0. The Kier molecular flexibility index (Phi) is 4.36. The predicted octanol–water partition coefficient (Wildman–Crippen LogP) is 2.97. The van der Waals surface area contributed by atoms with E-state index in [-0.39, 0.29) is 24.5 Å². The zero-order valence-electron chi connectivity index (χ0n) is 15.7. The number of benzene rings is 2. The molecule has 2 heterocycles. The second kappa shape index (κ2) is 6.70. The number of aryl methyl sites for hydroxylation is 1. The maximum Gasteiger partial charge on any atom is 0.251 e. The standard InChI is InChI=1S/C21H23N3O3/c1-12(2)18(10-25)22-20(26)14-5-6-16-17(9-14)23-24-19-7-4-13(3)8-15(19)11-27-21(16)24/h4-9,12,18,25H,10-11H2,1-3H3,(H,22,26)/t18-/m1/s1. The van der Waals surface area contributed by atoms with E-state index in [1.807, 2.05) is 26.0 Å². The van der Waals surface area contributed by atoms with Crippen LogP contribution < -0.4 is 10.1 Å². The van der Waals surface area contributed by atoms with E-state index in [1.165, 1.54) is 5.56 Å². The average molecular weight is 365 g/mol. The molecule has 140 valence electrons. The van der Waals surface area contributed by atoms with Crippen molar-refractivity contribution in [3.8, 4) is 11.6 Å². The summed E-state index contributed by atoms with van der Waals surface area (Å²) in [6, 6.07) is 11.3. The zero-order valence-corrected chi connectivity index (χ0v) is 15.7. The van der Waals surface area contributed by atoms with Crippen LogP contribution in [0.1, 0.15) is 35.3 Å². The normalized spacial score (nSPS) is 13.8. The minimum absolute atomic E-state index is 0.0888. The minimum atomic E-state index is -0.276. The molecule has 1 aliphatic rings. The zero-order chi connectivity index (χ0) is 19.1. The number of nitrogens with one attached hydrogen (secondary N) is 1. The summed E-state index contributed by atoms with van der Waals surface area (Å²) in [4.78, 5) is 12.6. The Morgan fingerprint density at radius 1 is 1.30 bits per heavy atom. The Morgan fingerprint density at radius 3 is 2.85 bits per heavy atom. The van der Waals surface area contributed by atoms with Crippen LogP contribution in [0.3, 0.4) is 0 Å². The van der Waals surface area contributed by atoms with Gasteiger partial charge in [-0.3, -0.25) is 4.79 Å². The first-order valence-electron chi connectivity index (χ1n) is 9.15. The topological polar surface area (TPSA) is 76.4 Å². The highest BCUT2D eigenvalue weighted by atomic mass is 16.5. The van der Waals surface area contributed by atoms with E-state index in [2.05, 4.69) is 29.5 Å². The van der Waals surface area contributed by atoms with Crippen molar-refractivity contribution in [2.75, 3.05) is 6.61 Å². The Bertz CT molecular complexity index is 1020. The van der Waals surface area contributed by atoms with Crippen LogP contribution in [0.25, 0.3) is 16.6 Å². The van der Waals surface area contributed by atoms with Crippen molar-refractivity contribution in [3.63, 3.8) is 0 Å². The molecule has 27 heavy (non-hydrogen) atoms. The number of fused-ring (bicyclic) bond motifs is 5. The quantitative estimate of drug-likeness (QED) is 0.745. The molecule has 1 amide bonds. The fourth-order valence-corrected chi connectivity index (χ4v) is 3.36. The Morgan fingerprint density at radius 2 is 2.11 bits per heavy atom. The molecule has 0 bridgehead atoms. The highest BCUT2D eigenvalue weighted by Crippen LogP contribution is 2.34. The Hall–Kier alpha value is -2.86. The van der Waals surface area contributed by atoms with E-state index in [9.17, 15) is 9.90 Å². The smallest absolute Gasteiger partial charge is 0.251 e. The van der Waals surface area contributed by atoms with Gasteiger partial charge in [-0.05, 0) is 37.1 Å². The molecule has 1 atom stereocenters. The average Bonchev–Trinajstić information content (AvgIpc) is 3.03. The maximum absolute atomic E-state index is 12.6. The number of amides is 1. The molecular weight excluding hydrogens is 342 g/mol. The largest absolute Gasteiger partial charge is 0.472 e. The molecule has 1 aromatic heterocycles. The molecule has 2 N–H and O–H groups in total. The lowest BCUT2D eigenvalue weighted by Gasteiger charge is -2.20. The first-order chi connectivity index (χ1) is 13.0. The van der Waals surface area contributed by atoms with Crippen molar-refractivity contribution in [2.45, 2.75) is 33.4 Å². The van der Waals surface area contributed by atoms with Crippen molar-refractivity contribution in [3.05, 3.63) is 53.1 Å². The van der Waals surface area contributed by atoms with Crippen molar-refractivity contribution >= 4 is 16.8 Å². The van der Waals surface area contributed by atoms with Gasteiger partial charge in [-0.1, -0.05) is 31.5 Å². The number of rotatable bonds is 4. The highest BCUT2D eigenvalue weighted by molar-refractivity contribution is 5.99. The molecule has 0 spiro atoms. The van der Waals surface area contributed by atoms with Gasteiger partial charge in [-0.25, -0.2) is 0 Å². The first-order valence-corrected chi connectivity index (χ1v) is 9.15. The van der Waals surface area contributed by atoms with Gasteiger partial charge in [0.2, 0.25) is 5.88 Å². The summed E-state index contributed by atoms with van der Waals surface area (Å²) >= 11 is 0. The van der Waals surface area contributed by atoms with Gasteiger partial charge >= 0.3 is 0 Å². The summed E-state index contributed by atoms with van der Waals surface area (Å²) in [5.74, 6) is 0.632. The molecule has 6 nitrogen and oxygen atoms in total. The third-order valence-corrected chi connectivity index (χ3v) is 5.04. The van der Waals surface area contributed by atoms with Crippen LogP contribution in [-0.2, 0) is 6.61 Å². The molecule has 0 saturated heterocycles. The molecule has 6 heteroatoms. The maximum atomic E-state index is 12.6. The van der Waals surface area contributed by atoms with Gasteiger partial charge in [-0.15, -0.1) is 0 Å². The lowest BCUT2D eigenvalue weighted by molar-refractivity contribution is 0.0897. The van der Waals surface area contributed by atoms with E-state index in [0.29, 0.717) is 23.6 Å². The third kappa shape index (κ3) is 3.06. The lowest BCUT2D eigenvalue weighted by atomic mass is 10.0. The van der Waals surface area contributed by atoms with Crippen molar-refractivity contribution in [1.29, 1.82) is 0 Å². The fraction of sp³-hybridized carbons (Fsp3) is 0.333. The number of aliphatic hydroxyl groups is 1.